The van der Waals surface area contributed by atoms with Crippen molar-refractivity contribution in [1.82, 2.24) is 0 Å². The molecular weight excluding hydrogens is 264 g/mol. The van der Waals surface area contributed by atoms with Crippen LogP contribution in [0.3, 0.4) is 0 Å². The molecule has 0 aromatic rings. The van der Waals surface area contributed by atoms with Crippen LogP contribution < -0.4 is 0 Å². The highest BCUT2D eigenvalue weighted by Gasteiger charge is 2.42. The Morgan fingerprint density at radius 3 is 2.10 bits per heavy atom. The fourth-order valence-corrected chi connectivity index (χ4v) is 2.67. The van der Waals surface area contributed by atoms with Gasteiger partial charge < -0.3 is 9.84 Å². The van der Waals surface area contributed by atoms with Gasteiger partial charge in [-0.3, -0.25) is 4.79 Å². The standard InChI is InChI=1S/C18H34O3/c1-9-11-18(10-2,17(7,8)20)13-12-16(5,6)21-15(19)14(3)4/h9,14,20H,1,10-13H2,2-8H3. The molecule has 0 fully saturated rings. The lowest BCUT2D eigenvalue weighted by Crippen LogP contribution is -2.44. The van der Waals surface area contributed by atoms with Crippen LogP contribution in [0.2, 0.25) is 0 Å². The monoisotopic (exact) mass is 298 g/mol. The summed E-state index contributed by atoms with van der Waals surface area (Å²) in [6.07, 6.45) is 4.99. The Morgan fingerprint density at radius 2 is 1.76 bits per heavy atom. The molecule has 21 heavy (non-hydrogen) atoms. The Morgan fingerprint density at radius 1 is 1.24 bits per heavy atom. The first-order chi connectivity index (χ1) is 9.41. The van der Waals surface area contributed by atoms with Crippen LogP contribution in [0.1, 0.15) is 74.1 Å². The van der Waals surface area contributed by atoms with E-state index in [1.807, 2.05) is 47.6 Å². The molecule has 0 heterocycles. The van der Waals surface area contributed by atoms with Gasteiger partial charge in [0.2, 0.25) is 0 Å². The second-order valence-corrected chi connectivity index (χ2v) is 7.52. The number of hydrogen-bond donors (Lipinski definition) is 1. The molecule has 0 aliphatic heterocycles. The molecule has 0 bridgehead atoms. The van der Waals surface area contributed by atoms with Crippen molar-refractivity contribution in [2.24, 2.45) is 11.3 Å². The lowest BCUT2D eigenvalue weighted by atomic mass is 9.65. The van der Waals surface area contributed by atoms with E-state index in [2.05, 4.69) is 13.5 Å². The number of aliphatic hydroxyl groups is 1. The molecule has 1 unspecified atom stereocenters. The van der Waals surface area contributed by atoms with Gasteiger partial charge in [-0.25, -0.2) is 0 Å². The number of esters is 1. The molecule has 0 aromatic heterocycles. The third kappa shape index (κ3) is 5.82. The number of allylic oxidation sites excluding steroid dienone is 1. The van der Waals surface area contributed by atoms with E-state index in [0.29, 0.717) is 0 Å². The first kappa shape index (κ1) is 20.2. The first-order valence-electron chi connectivity index (χ1n) is 7.97. The molecule has 0 aliphatic rings. The lowest BCUT2D eigenvalue weighted by molar-refractivity contribution is -0.162. The van der Waals surface area contributed by atoms with Gasteiger partial charge in [0.05, 0.1) is 11.5 Å². The van der Waals surface area contributed by atoms with E-state index in [4.69, 9.17) is 4.74 Å². The molecule has 124 valence electrons. The van der Waals surface area contributed by atoms with Crippen molar-refractivity contribution < 1.29 is 14.6 Å². The van der Waals surface area contributed by atoms with E-state index in [9.17, 15) is 9.90 Å². The van der Waals surface area contributed by atoms with Gasteiger partial charge in [0.15, 0.2) is 0 Å². The van der Waals surface area contributed by atoms with Gasteiger partial charge in [-0.15, -0.1) is 6.58 Å². The van der Waals surface area contributed by atoms with Crippen molar-refractivity contribution in [2.45, 2.75) is 85.4 Å². The average molecular weight is 298 g/mol. The van der Waals surface area contributed by atoms with Gasteiger partial charge in [-0.1, -0.05) is 26.8 Å². The Balaban J connectivity index is 4.97. The summed E-state index contributed by atoms with van der Waals surface area (Å²) < 4.78 is 5.58. The average Bonchev–Trinajstić information content (AvgIpc) is 2.32. The summed E-state index contributed by atoms with van der Waals surface area (Å²) in [5.41, 5.74) is -1.56. The maximum Gasteiger partial charge on any atom is 0.308 e. The minimum atomic E-state index is -0.798. The van der Waals surface area contributed by atoms with Crippen LogP contribution in [0.15, 0.2) is 12.7 Å². The Labute approximate surface area is 130 Å². The summed E-state index contributed by atoms with van der Waals surface area (Å²) in [6.45, 7) is 17.2. The Kier molecular flexibility index (Phi) is 7.14. The van der Waals surface area contributed by atoms with E-state index in [1.54, 1.807) is 0 Å². The van der Waals surface area contributed by atoms with E-state index in [0.717, 1.165) is 25.7 Å². The maximum atomic E-state index is 11.8. The van der Waals surface area contributed by atoms with Crippen LogP contribution in [0, 0.1) is 11.3 Å². The highest BCUT2D eigenvalue weighted by atomic mass is 16.6. The van der Waals surface area contributed by atoms with Crippen molar-refractivity contribution in [1.29, 1.82) is 0 Å². The van der Waals surface area contributed by atoms with Gasteiger partial charge in [0.1, 0.15) is 5.60 Å². The molecule has 0 saturated carbocycles. The zero-order valence-electron chi connectivity index (χ0n) is 15.0. The van der Waals surface area contributed by atoms with Crippen molar-refractivity contribution in [2.75, 3.05) is 0 Å². The highest BCUT2D eigenvalue weighted by Crippen LogP contribution is 2.44. The molecule has 1 N–H and O–H groups in total. The molecule has 0 radical (unpaired) electrons. The summed E-state index contributed by atoms with van der Waals surface area (Å²) in [5.74, 6) is -0.295. The summed E-state index contributed by atoms with van der Waals surface area (Å²) in [6, 6.07) is 0. The first-order valence-corrected chi connectivity index (χ1v) is 7.97. The molecule has 3 nitrogen and oxygen atoms in total. The quantitative estimate of drug-likeness (QED) is 0.504. The molecule has 0 aliphatic carbocycles. The number of rotatable bonds is 9. The number of carbonyl (C=O) groups excluding carboxylic acids is 1. The van der Waals surface area contributed by atoms with Gasteiger partial charge in [0.25, 0.3) is 0 Å². The van der Waals surface area contributed by atoms with Crippen molar-refractivity contribution in [3.8, 4) is 0 Å². The zero-order valence-corrected chi connectivity index (χ0v) is 15.0. The van der Waals surface area contributed by atoms with Crippen LogP contribution in [0.4, 0.5) is 0 Å². The predicted molar refractivity (Wildman–Crippen MR) is 88.1 cm³/mol. The Bertz CT molecular complexity index is 350. The number of carbonyl (C=O) groups is 1. The normalized spacial score (nSPS) is 15.7. The SMILES string of the molecule is C=CCC(CC)(CCC(C)(C)OC(=O)C(C)C)C(C)(C)O. The van der Waals surface area contributed by atoms with E-state index in [1.165, 1.54) is 0 Å². The third-order valence-electron chi connectivity index (χ3n) is 4.56. The fraction of sp³-hybridized carbons (Fsp3) is 0.833. The van der Waals surface area contributed by atoms with E-state index >= 15 is 0 Å². The van der Waals surface area contributed by atoms with Crippen LogP contribution >= 0.6 is 0 Å². The highest BCUT2D eigenvalue weighted by molar-refractivity contribution is 5.71. The largest absolute Gasteiger partial charge is 0.459 e. The number of ether oxygens (including phenoxy) is 1. The van der Waals surface area contributed by atoms with Gasteiger partial charge in [-0.2, -0.15) is 0 Å². The van der Waals surface area contributed by atoms with Gasteiger partial charge in [0, 0.05) is 5.41 Å². The van der Waals surface area contributed by atoms with Crippen LogP contribution in [0.25, 0.3) is 0 Å². The molecule has 0 aromatic carbocycles. The smallest absolute Gasteiger partial charge is 0.308 e. The summed E-state index contributed by atoms with van der Waals surface area (Å²) >= 11 is 0. The van der Waals surface area contributed by atoms with E-state index in [-0.39, 0.29) is 17.3 Å². The molecular formula is C18H34O3. The van der Waals surface area contributed by atoms with Crippen LogP contribution in [-0.4, -0.2) is 22.3 Å². The fourth-order valence-electron chi connectivity index (χ4n) is 2.67. The molecule has 0 spiro atoms. The number of hydrogen-bond acceptors (Lipinski definition) is 3. The molecule has 3 heteroatoms. The minimum absolute atomic E-state index is 0.123. The van der Waals surface area contributed by atoms with Crippen LogP contribution in [0.5, 0.6) is 0 Å². The van der Waals surface area contributed by atoms with Gasteiger partial charge in [-0.05, 0) is 53.4 Å². The topological polar surface area (TPSA) is 46.5 Å². The third-order valence-corrected chi connectivity index (χ3v) is 4.56. The Hall–Kier alpha value is -0.830. The lowest BCUT2D eigenvalue weighted by Gasteiger charge is -2.44. The van der Waals surface area contributed by atoms with Crippen molar-refractivity contribution in [3.05, 3.63) is 12.7 Å². The summed E-state index contributed by atoms with van der Waals surface area (Å²) in [7, 11) is 0. The van der Waals surface area contributed by atoms with Gasteiger partial charge >= 0.3 is 5.97 Å². The van der Waals surface area contributed by atoms with E-state index < -0.39 is 11.2 Å². The molecule has 0 amide bonds. The second-order valence-electron chi connectivity index (χ2n) is 7.52. The minimum Gasteiger partial charge on any atom is -0.459 e. The zero-order chi connectivity index (χ0) is 16.9. The second kappa shape index (κ2) is 7.44. The van der Waals surface area contributed by atoms with Crippen molar-refractivity contribution in [3.63, 3.8) is 0 Å². The molecule has 0 rings (SSSR count). The summed E-state index contributed by atoms with van der Waals surface area (Å²) in [4.78, 5) is 11.8. The van der Waals surface area contributed by atoms with Crippen LogP contribution in [-0.2, 0) is 9.53 Å². The molecule has 1 atom stereocenters. The maximum absolute atomic E-state index is 11.8. The van der Waals surface area contributed by atoms with Crippen molar-refractivity contribution >= 4 is 5.97 Å². The molecule has 0 saturated heterocycles. The summed E-state index contributed by atoms with van der Waals surface area (Å²) in [5, 5.41) is 10.6. The predicted octanol–water partition coefficient (Wildman–Crippen LogP) is 4.49.